The summed E-state index contributed by atoms with van der Waals surface area (Å²) in [5, 5.41) is 3.32. The molecule has 0 fully saturated rings. The van der Waals surface area contributed by atoms with Crippen LogP contribution in [-0.2, 0) is 6.42 Å². The van der Waals surface area contributed by atoms with Gasteiger partial charge >= 0.3 is 0 Å². The number of halogens is 3. The van der Waals surface area contributed by atoms with Gasteiger partial charge < -0.3 is 5.32 Å². The molecule has 0 aliphatic heterocycles. The third-order valence-corrected chi connectivity index (χ3v) is 3.31. The molecular weight excluding hydrogens is 282 g/mol. The van der Waals surface area contributed by atoms with Gasteiger partial charge in [-0.2, -0.15) is 0 Å². The maximum Gasteiger partial charge on any atom is 0.145 e. The van der Waals surface area contributed by atoms with E-state index in [0.717, 1.165) is 6.20 Å². The summed E-state index contributed by atoms with van der Waals surface area (Å²) in [6, 6.07) is 7.68. The highest BCUT2D eigenvalue weighted by Gasteiger charge is 2.16. The zero-order chi connectivity index (χ0) is 14.5. The van der Waals surface area contributed by atoms with Crippen LogP contribution >= 0.6 is 11.6 Å². The fourth-order valence-corrected chi connectivity index (χ4v) is 2.24. The molecule has 2 rings (SSSR count). The van der Waals surface area contributed by atoms with Crippen LogP contribution in [0.4, 0.5) is 8.78 Å². The molecule has 1 atom stereocenters. The van der Waals surface area contributed by atoms with E-state index in [-0.39, 0.29) is 11.1 Å². The van der Waals surface area contributed by atoms with E-state index >= 15 is 0 Å². The number of aromatic nitrogens is 1. The lowest BCUT2D eigenvalue weighted by Crippen LogP contribution is -2.24. The number of benzene rings is 1. The first-order chi connectivity index (χ1) is 9.61. The summed E-state index contributed by atoms with van der Waals surface area (Å²) in [6.45, 7) is 2.65. The maximum absolute atomic E-state index is 13.9. The molecule has 5 heteroatoms. The topological polar surface area (TPSA) is 24.9 Å². The van der Waals surface area contributed by atoms with Gasteiger partial charge in [-0.15, -0.1) is 0 Å². The summed E-state index contributed by atoms with van der Waals surface area (Å²) in [5.74, 6) is -0.808. The van der Waals surface area contributed by atoms with Gasteiger partial charge in [0.15, 0.2) is 0 Å². The van der Waals surface area contributed by atoms with Crippen molar-refractivity contribution in [1.29, 1.82) is 0 Å². The molecule has 2 nitrogen and oxygen atoms in total. The zero-order valence-corrected chi connectivity index (χ0v) is 11.8. The minimum atomic E-state index is -0.417. The van der Waals surface area contributed by atoms with Crippen LogP contribution in [0.1, 0.15) is 24.2 Å². The SMILES string of the molecule is CCNC(Cc1cccc(Cl)c1F)c1ccc(F)cn1. The average molecular weight is 297 g/mol. The lowest BCUT2D eigenvalue weighted by atomic mass is 10.0. The zero-order valence-electron chi connectivity index (χ0n) is 11.0. The van der Waals surface area contributed by atoms with Crippen molar-refractivity contribution in [1.82, 2.24) is 10.3 Å². The fraction of sp³-hybridized carbons (Fsp3) is 0.267. The smallest absolute Gasteiger partial charge is 0.145 e. The van der Waals surface area contributed by atoms with Gasteiger partial charge in [0, 0.05) is 0 Å². The number of likely N-dealkylation sites (N-methyl/N-ethyl adjacent to an activating group) is 1. The molecule has 1 heterocycles. The summed E-state index contributed by atoms with van der Waals surface area (Å²) in [7, 11) is 0. The monoisotopic (exact) mass is 296 g/mol. The molecule has 1 unspecified atom stereocenters. The lowest BCUT2D eigenvalue weighted by Gasteiger charge is -2.18. The molecule has 0 bridgehead atoms. The third-order valence-electron chi connectivity index (χ3n) is 3.01. The highest BCUT2D eigenvalue weighted by molar-refractivity contribution is 6.30. The number of hydrogen-bond acceptors (Lipinski definition) is 2. The Kier molecular flexibility index (Phi) is 5.04. The fourth-order valence-electron chi connectivity index (χ4n) is 2.05. The van der Waals surface area contributed by atoms with Crippen LogP contribution in [0.2, 0.25) is 5.02 Å². The average Bonchev–Trinajstić information content (AvgIpc) is 2.44. The molecule has 106 valence electrons. The highest BCUT2D eigenvalue weighted by atomic mass is 35.5. The number of hydrogen-bond donors (Lipinski definition) is 1. The van der Waals surface area contributed by atoms with Gasteiger partial charge in [-0.05, 0) is 36.7 Å². The Morgan fingerprint density at radius 2 is 2.05 bits per heavy atom. The second-order valence-corrected chi connectivity index (χ2v) is 4.84. The van der Waals surface area contributed by atoms with E-state index in [2.05, 4.69) is 10.3 Å². The summed E-state index contributed by atoms with van der Waals surface area (Å²) < 4.78 is 26.9. The lowest BCUT2D eigenvalue weighted by molar-refractivity contribution is 0.515. The second-order valence-electron chi connectivity index (χ2n) is 4.43. The molecule has 1 N–H and O–H groups in total. The minimum absolute atomic E-state index is 0.102. The molecule has 0 radical (unpaired) electrons. The van der Waals surface area contributed by atoms with E-state index in [9.17, 15) is 8.78 Å². The van der Waals surface area contributed by atoms with Crippen LogP contribution < -0.4 is 5.32 Å². The van der Waals surface area contributed by atoms with Gasteiger partial charge in [0.2, 0.25) is 0 Å². The van der Waals surface area contributed by atoms with Crippen molar-refractivity contribution in [2.24, 2.45) is 0 Å². The van der Waals surface area contributed by atoms with Crippen molar-refractivity contribution < 1.29 is 8.78 Å². The van der Waals surface area contributed by atoms with Crippen LogP contribution in [-0.4, -0.2) is 11.5 Å². The highest BCUT2D eigenvalue weighted by Crippen LogP contribution is 2.23. The van der Waals surface area contributed by atoms with Gasteiger partial charge in [-0.3, -0.25) is 4.98 Å². The molecule has 0 spiro atoms. The van der Waals surface area contributed by atoms with E-state index in [0.29, 0.717) is 24.2 Å². The van der Waals surface area contributed by atoms with E-state index in [1.807, 2.05) is 6.92 Å². The first-order valence-corrected chi connectivity index (χ1v) is 6.77. The molecule has 1 aromatic carbocycles. The number of pyridine rings is 1. The predicted octanol–water partition coefficient (Wildman–Crippen LogP) is 3.91. The van der Waals surface area contributed by atoms with Crippen LogP contribution in [0.5, 0.6) is 0 Å². The van der Waals surface area contributed by atoms with Crippen molar-refractivity contribution >= 4 is 11.6 Å². The van der Waals surface area contributed by atoms with E-state index in [1.54, 1.807) is 18.2 Å². The summed E-state index contributed by atoms with van der Waals surface area (Å²) in [6.07, 6.45) is 1.56. The molecule has 0 amide bonds. The molecular formula is C15H15ClF2N2. The summed E-state index contributed by atoms with van der Waals surface area (Å²) in [4.78, 5) is 4.05. The van der Waals surface area contributed by atoms with Gasteiger partial charge in [-0.25, -0.2) is 8.78 Å². The van der Waals surface area contributed by atoms with Crippen molar-refractivity contribution in [3.63, 3.8) is 0 Å². The third kappa shape index (κ3) is 3.52. The number of nitrogens with zero attached hydrogens (tertiary/aromatic N) is 1. The number of rotatable bonds is 5. The molecule has 0 saturated carbocycles. The van der Waals surface area contributed by atoms with Crippen molar-refractivity contribution in [2.75, 3.05) is 6.54 Å². The quantitative estimate of drug-likeness (QED) is 0.905. The van der Waals surface area contributed by atoms with Crippen molar-refractivity contribution in [3.05, 3.63) is 64.4 Å². The first kappa shape index (κ1) is 14.9. The van der Waals surface area contributed by atoms with Crippen molar-refractivity contribution in [2.45, 2.75) is 19.4 Å². The van der Waals surface area contributed by atoms with Gasteiger partial charge in [0.1, 0.15) is 11.6 Å². The van der Waals surface area contributed by atoms with Crippen molar-refractivity contribution in [3.8, 4) is 0 Å². The first-order valence-electron chi connectivity index (χ1n) is 6.39. The predicted molar refractivity (Wildman–Crippen MR) is 75.7 cm³/mol. The molecule has 1 aromatic heterocycles. The molecule has 0 saturated heterocycles. The van der Waals surface area contributed by atoms with E-state index < -0.39 is 11.6 Å². The maximum atomic E-state index is 13.9. The number of nitrogens with one attached hydrogen (secondary N) is 1. The molecule has 20 heavy (non-hydrogen) atoms. The van der Waals surface area contributed by atoms with Crippen LogP contribution in [0.15, 0.2) is 36.5 Å². The van der Waals surface area contributed by atoms with E-state index in [1.165, 1.54) is 12.1 Å². The summed E-state index contributed by atoms with van der Waals surface area (Å²) in [5.41, 5.74) is 1.18. The van der Waals surface area contributed by atoms with Crippen LogP contribution in [0.3, 0.4) is 0 Å². The molecule has 2 aromatic rings. The Bertz CT molecular complexity index is 573. The van der Waals surface area contributed by atoms with Crippen LogP contribution in [0.25, 0.3) is 0 Å². The van der Waals surface area contributed by atoms with E-state index in [4.69, 9.17) is 11.6 Å². The Morgan fingerprint density at radius 3 is 2.70 bits per heavy atom. The Morgan fingerprint density at radius 1 is 1.25 bits per heavy atom. The minimum Gasteiger partial charge on any atom is -0.309 e. The van der Waals surface area contributed by atoms with Gasteiger partial charge in [-0.1, -0.05) is 30.7 Å². The Labute approximate surface area is 121 Å². The van der Waals surface area contributed by atoms with Crippen LogP contribution in [0, 0.1) is 11.6 Å². The Balaban J connectivity index is 2.25. The van der Waals surface area contributed by atoms with Gasteiger partial charge in [0.25, 0.3) is 0 Å². The van der Waals surface area contributed by atoms with Gasteiger partial charge in [0.05, 0.1) is 23.0 Å². The molecule has 0 aliphatic rings. The second kappa shape index (κ2) is 6.77. The molecule has 0 aliphatic carbocycles. The Hall–Kier alpha value is -1.52. The normalized spacial score (nSPS) is 12.4. The largest absolute Gasteiger partial charge is 0.309 e. The summed E-state index contributed by atoms with van der Waals surface area (Å²) >= 11 is 5.78. The standard InChI is InChI=1S/C15H15ClF2N2/c1-2-19-14(13-7-6-11(17)9-20-13)8-10-4-3-5-12(16)15(10)18/h3-7,9,14,19H,2,8H2,1H3.